The molecule has 0 aliphatic heterocycles. The Labute approximate surface area is 101 Å². The predicted molar refractivity (Wildman–Crippen MR) is 64.4 cm³/mol. The molecular formula is C11H15ClO3S. The van der Waals surface area contributed by atoms with Gasteiger partial charge in [-0.05, 0) is 29.7 Å². The maximum Gasteiger partial charge on any atom is 0.261 e. The smallest absolute Gasteiger partial charge is 0.261 e. The van der Waals surface area contributed by atoms with Crippen molar-refractivity contribution in [3.05, 3.63) is 24.3 Å². The van der Waals surface area contributed by atoms with Gasteiger partial charge in [-0.3, -0.25) is 0 Å². The summed E-state index contributed by atoms with van der Waals surface area (Å²) in [6.45, 7) is 6.75. The van der Waals surface area contributed by atoms with Crippen molar-refractivity contribution in [2.45, 2.75) is 25.7 Å². The lowest BCUT2D eigenvalue weighted by Crippen LogP contribution is -2.16. The van der Waals surface area contributed by atoms with Gasteiger partial charge in [-0.15, -0.1) is 0 Å². The fourth-order valence-corrected chi connectivity index (χ4v) is 1.77. The van der Waals surface area contributed by atoms with Gasteiger partial charge in [0, 0.05) is 10.7 Å². The second kappa shape index (κ2) is 4.63. The first-order valence-corrected chi connectivity index (χ1v) is 7.17. The van der Waals surface area contributed by atoms with E-state index in [4.69, 9.17) is 15.4 Å². The molecule has 0 spiro atoms. The van der Waals surface area contributed by atoms with Crippen molar-refractivity contribution in [2.75, 3.05) is 6.61 Å². The Balaban J connectivity index is 2.73. The highest BCUT2D eigenvalue weighted by atomic mass is 35.7. The van der Waals surface area contributed by atoms with Crippen LogP contribution in [0, 0.1) is 5.41 Å². The Morgan fingerprint density at radius 1 is 1.19 bits per heavy atom. The minimum atomic E-state index is -3.65. The fourth-order valence-electron chi connectivity index (χ4n) is 0.998. The molecule has 0 heterocycles. The van der Waals surface area contributed by atoms with E-state index in [0.29, 0.717) is 12.4 Å². The molecule has 1 aromatic rings. The molecule has 0 radical (unpaired) electrons. The number of rotatable bonds is 3. The number of benzene rings is 1. The lowest BCUT2D eigenvalue weighted by molar-refractivity contribution is 0.198. The summed E-state index contributed by atoms with van der Waals surface area (Å²) in [7, 11) is 1.55. The lowest BCUT2D eigenvalue weighted by atomic mass is 9.99. The molecule has 0 saturated carbocycles. The van der Waals surface area contributed by atoms with Gasteiger partial charge in [0.1, 0.15) is 5.75 Å². The monoisotopic (exact) mass is 262 g/mol. The van der Waals surface area contributed by atoms with E-state index in [9.17, 15) is 8.42 Å². The Morgan fingerprint density at radius 2 is 1.69 bits per heavy atom. The van der Waals surface area contributed by atoms with Crippen LogP contribution in [0.2, 0.25) is 0 Å². The number of halogens is 1. The Hall–Kier alpha value is -0.740. The Morgan fingerprint density at radius 3 is 2.06 bits per heavy atom. The number of hydrogen-bond acceptors (Lipinski definition) is 3. The maximum absolute atomic E-state index is 11.0. The van der Waals surface area contributed by atoms with Crippen molar-refractivity contribution < 1.29 is 13.2 Å². The molecule has 0 aliphatic carbocycles. The van der Waals surface area contributed by atoms with Crippen LogP contribution in [0.3, 0.4) is 0 Å². The van der Waals surface area contributed by atoms with Crippen molar-refractivity contribution in [3.8, 4) is 5.75 Å². The maximum atomic E-state index is 11.0. The van der Waals surface area contributed by atoms with Crippen LogP contribution in [-0.4, -0.2) is 15.0 Å². The van der Waals surface area contributed by atoms with Gasteiger partial charge in [-0.1, -0.05) is 20.8 Å². The summed E-state index contributed by atoms with van der Waals surface area (Å²) in [5.74, 6) is 0.638. The zero-order valence-corrected chi connectivity index (χ0v) is 11.1. The normalized spacial score (nSPS) is 12.5. The summed E-state index contributed by atoms with van der Waals surface area (Å²) in [6.07, 6.45) is 0. The molecule has 1 aromatic carbocycles. The third-order valence-electron chi connectivity index (χ3n) is 1.78. The first-order valence-electron chi connectivity index (χ1n) is 4.86. The Kier molecular flexibility index (Phi) is 3.86. The molecule has 0 aromatic heterocycles. The standard InChI is InChI=1S/C11H15ClO3S/c1-11(2,3)8-15-9-4-6-10(7-5-9)16(12,13)14/h4-7H,8H2,1-3H3. The largest absolute Gasteiger partial charge is 0.493 e. The second-order valence-electron chi connectivity index (χ2n) is 4.76. The molecule has 0 bridgehead atoms. The van der Waals surface area contributed by atoms with Crippen LogP contribution in [-0.2, 0) is 9.05 Å². The summed E-state index contributed by atoms with van der Waals surface area (Å²) < 4.78 is 27.5. The molecule has 1 rings (SSSR count). The number of ether oxygens (including phenoxy) is 1. The third kappa shape index (κ3) is 4.41. The summed E-state index contributed by atoms with van der Waals surface area (Å²) in [5.41, 5.74) is 0.0667. The van der Waals surface area contributed by atoms with Gasteiger partial charge in [0.15, 0.2) is 0 Å². The lowest BCUT2D eigenvalue weighted by Gasteiger charge is -2.18. The van der Waals surface area contributed by atoms with Crippen LogP contribution in [0.4, 0.5) is 0 Å². The summed E-state index contributed by atoms with van der Waals surface area (Å²) in [4.78, 5) is 0.0808. The molecule has 0 amide bonds. The SMILES string of the molecule is CC(C)(C)COc1ccc(S(=O)(=O)Cl)cc1. The van der Waals surface area contributed by atoms with Crippen molar-refractivity contribution in [1.29, 1.82) is 0 Å². The van der Waals surface area contributed by atoms with E-state index in [0.717, 1.165) is 0 Å². The van der Waals surface area contributed by atoms with E-state index < -0.39 is 9.05 Å². The predicted octanol–water partition coefficient (Wildman–Crippen LogP) is 3.04. The quantitative estimate of drug-likeness (QED) is 0.787. The zero-order valence-electron chi connectivity index (χ0n) is 9.53. The Bertz CT molecular complexity index is 443. The molecule has 0 atom stereocenters. The van der Waals surface area contributed by atoms with Crippen molar-refractivity contribution in [3.63, 3.8) is 0 Å². The molecule has 5 heteroatoms. The molecule has 0 fully saturated rings. The first-order chi connectivity index (χ1) is 7.18. The third-order valence-corrected chi connectivity index (χ3v) is 3.15. The summed E-state index contributed by atoms with van der Waals surface area (Å²) in [6, 6.07) is 6.06. The van der Waals surface area contributed by atoms with Crippen LogP contribution in [0.5, 0.6) is 5.75 Å². The van der Waals surface area contributed by atoms with Crippen LogP contribution in [0.15, 0.2) is 29.2 Å². The van der Waals surface area contributed by atoms with Crippen molar-refractivity contribution in [2.24, 2.45) is 5.41 Å². The summed E-state index contributed by atoms with van der Waals surface area (Å²) >= 11 is 0. The van der Waals surface area contributed by atoms with E-state index in [1.54, 1.807) is 12.1 Å². The molecule has 0 N–H and O–H groups in total. The molecule has 16 heavy (non-hydrogen) atoms. The topological polar surface area (TPSA) is 43.4 Å². The average Bonchev–Trinajstić information content (AvgIpc) is 2.13. The molecule has 3 nitrogen and oxygen atoms in total. The van der Waals surface area contributed by atoms with E-state index in [1.807, 2.05) is 0 Å². The molecular weight excluding hydrogens is 248 g/mol. The van der Waals surface area contributed by atoms with Gasteiger partial charge in [0.2, 0.25) is 0 Å². The van der Waals surface area contributed by atoms with E-state index in [-0.39, 0.29) is 10.3 Å². The van der Waals surface area contributed by atoms with E-state index >= 15 is 0 Å². The first kappa shape index (κ1) is 13.3. The van der Waals surface area contributed by atoms with Crippen LogP contribution < -0.4 is 4.74 Å². The zero-order chi connectivity index (χ0) is 12.4. The summed E-state index contributed by atoms with van der Waals surface area (Å²) in [5, 5.41) is 0. The fraction of sp³-hybridized carbons (Fsp3) is 0.455. The minimum absolute atomic E-state index is 0.0667. The van der Waals surface area contributed by atoms with Gasteiger partial charge >= 0.3 is 0 Å². The van der Waals surface area contributed by atoms with Gasteiger partial charge in [0.25, 0.3) is 9.05 Å². The molecule has 0 saturated heterocycles. The molecule has 0 aliphatic rings. The van der Waals surface area contributed by atoms with Gasteiger partial charge < -0.3 is 4.74 Å². The van der Waals surface area contributed by atoms with Gasteiger partial charge in [0.05, 0.1) is 11.5 Å². The highest BCUT2D eigenvalue weighted by molar-refractivity contribution is 8.13. The average molecular weight is 263 g/mol. The van der Waals surface area contributed by atoms with Crippen LogP contribution in [0.1, 0.15) is 20.8 Å². The highest BCUT2D eigenvalue weighted by Crippen LogP contribution is 2.21. The van der Waals surface area contributed by atoms with E-state index in [2.05, 4.69) is 20.8 Å². The number of hydrogen-bond donors (Lipinski definition) is 0. The van der Waals surface area contributed by atoms with Crippen molar-refractivity contribution >= 4 is 19.7 Å². The van der Waals surface area contributed by atoms with Crippen LogP contribution in [0.25, 0.3) is 0 Å². The molecule has 0 unspecified atom stereocenters. The van der Waals surface area contributed by atoms with Crippen LogP contribution >= 0.6 is 10.7 Å². The van der Waals surface area contributed by atoms with Gasteiger partial charge in [-0.2, -0.15) is 0 Å². The molecule has 90 valence electrons. The second-order valence-corrected chi connectivity index (χ2v) is 7.32. The van der Waals surface area contributed by atoms with Gasteiger partial charge in [-0.25, -0.2) is 8.42 Å². The minimum Gasteiger partial charge on any atom is -0.493 e. The van der Waals surface area contributed by atoms with E-state index in [1.165, 1.54) is 12.1 Å². The highest BCUT2D eigenvalue weighted by Gasteiger charge is 2.12. The van der Waals surface area contributed by atoms with Crippen molar-refractivity contribution in [1.82, 2.24) is 0 Å².